The van der Waals surface area contributed by atoms with Gasteiger partial charge in [0.25, 0.3) is 10.0 Å². The SMILES string of the molecule is CCNc1ccc(S(=O)(=O)Nc2ccc(F)cn2)cn1. The molecule has 6 nitrogen and oxygen atoms in total. The Kier molecular flexibility index (Phi) is 4.14. The lowest BCUT2D eigenvalue weighted by atomic mass is 10.4. The van der Waals surface area contributed by atoms with E-state index < -0.39 is 15.8 Å². The molecule has 0 aliphatic carbocycles. The lowest BCUT2D eigenvalue weighted by Crippen LogP contribution is -2.14. The van der Waals surface area contributed by atoms with Crippen LogP contribution in [0.3, 0.4) is 0 Å². The number of hydrogen-bond acceptors (Lipinski definition) is 5. The summed E-state index contributed by atoms with van der Waals surface area (Å²) in [7, 11) is -3.78. The molecule has 0 spiro atoms. The van der Waals surface area contributed by atoms with Gasteiger partial charge >= 0.3 is 0 Å². The van der Waals surface area contributed by atoms with E-state index in [9.17, 15) is 12.8 Å². The van der Waals surface area contributed by atoms with Crippen LogP contribution in [-0.2, 0) is 10.0 Å². The molecule has 0 bridgehead atoms. The van der Waals surface area contributed by atoms with Crippen LogP contribution < -0.4 is 10.0 Å². The Hall–Kier alpha value is -2.22. The van der Waals surface area contributed by atoms with Gasteiger partial charge in [-0.15, -0.1) is 0 Å². The third-order valence-electron chi connectivity index (χ3n) is 2.37. The Morgan fingerprint density at radius 3 is 2.35 bits per heavy atom. The molecular weight excluding hydrogens is 283 g/mol. The molecule has 0 radical (unpaired) electrons. The molecule has 2 heterocycles. The maximum Gasteiger partial charge on any atom is 0.264 e. The smallest absolute Gasteiger partial charge is 0.264 e. The first kappa shape index (κ1) is 14.2. The highest BCUT2D eigenvalue weighted by atomic mass is 32.2. The predicted octanol–water partition coefficient (Wildman–Crippen LogP) is 1.85. The molecule has 0 saturated heterocycles. The van der Waals surface area contributed by atoms with Crippen LogP contribution >= 0.6 is 0 Å². The fourth-order valence-electron chi connectivity index (χ4n) is 1.46. The summed E-state index contributed by atoms with van der Waals surface area (Å²) in [6.45, 7) is 2.60. The molecule has 0 atom stereocenters. The zero-order chi connectivity index (χ0) is 14.6. The molecule has 0 aliphatic rings. The zero-order valence-corrected chi connectivity index (χ0v) is 11.5. The van der Waals surface area contributed by atoms with Gasteiger partial charge in [-0.3, -0.25) is 4.72 Å². The Labute approximate surface area is 116 Å². The average molecular weight is 296 g/mol. The van der Waals surface area contributed by atoms with Crippen molar-refractivity contribution in [3.8, 4) is 0 Å². The van der Waals surface area contributed by atoms with Crippen molar-refractivity contribution in [1.29, 1.82) is 0 Å². The lowest BCUT2D eigenvalue weighted by molar-refractivity contribution is 0.600. The highest BCUT2D eigenvalue weighted by Gasteiger charge is 2.15. The minimum absolute atomic E-state index is 0.00489. The van der Waals surface area contributed by atoms with Gasteiger partial charge in [-0.2, -0.15) is 0 Å². The highest BCUT2D eigenvalue weighted by Crippen LogP contribution is 2.15. The molecule has 0 amide bonds. The summed E-state index contributed by atoms with van der Waals surface area (Å²) < 4.78 is 39.1. The van der Waals surface area contributed by atoms with E-state index in [0.717, 1.165) is 12.3 Å². The van der Waals surface area contributed by atoms with Crippen molar-refractivity contribution < 1.29 is 12.8 Å². The molecule has 0 fully saturated rings. The van der Waals surface area contributed by atoms with Crippen LogP contribution in [-0.4, -0.2) is 24.9 Å². The van der Waals surface area contributed by atoms with E-state index in [2.05, 4.69) is 20.0 Å². The van der Waals surface area contributed by atoms with Crippen LogP contribution in [0, 0.1) is 5.82 Å². The number of nitrogens with zero attached hydrogens (tertiary/aromatic N) is 2. The van der Waals surface area contributed by atoms with E-state index in [0.29, 0.717) is 12.4 Å². The molecule has 106 valence electrons. The maximum atomic E-state index is 12.7. The van der Waals surface area contributed by atoms with E-state index in [1.807, 2.05) is 6.92 Å². The number of rotatable bonds is 5. The fraction of sp³-hybridized carbons (Fsp3) is 0.167. The predicted molar refractivity (Wildman–Crippen MR) is 73.4 cm³/mol. The van der Waals surface area contributed by atoms with Gasteiger partial charge in [0.2, 0.25) is 0 Å². The number of hydrogen-bond donors (Lipinski definition) is 2. The molecule has 2 N–H and O–H groups in total. The van der Waals surface area contributed by atoms with Crippen molar-refractivity contribution in [2.75, 3.05) is 16.6 Å². The first-order valence-electron chi connectivity index (χ1n) is 5.85. The van der Waals surface area contributed by atoms with Crippen LogP contribution in [0.4, 0.5) is 16.0 Å². The van der Waals surface area contributed by atoms with Crippen LogP contribution in [0.5, 0.6) is 0 Å². The van der Waals surface area contributed by atoms with E-state index >= 15 is 0 Å². The summed E-state index contributed by atoms with van der Waals surface area (Å²) in [5.74, 6) is 0.0955. The van der Waals surface area contributed by atoms with Crippen LogP contribution in [0.15, 0.2) is 41.6 Å². The molecule has 0 aliphatic heterocycles. The van der Waals surface area contributed by atoms with Gasteiger partial charge in [0.15, 0.2) is 0 Å². The second-order valence-electron chi connectivity index (χ2n) is 3.88. The number of anilines is 2. The van der Waals surface area contributed by atoms with Crippen LogP contribution in [0.1, 0.15) is 6.92 Å². The molecule has 0 unspecified atom stereocenters. The van der Waals surface area contributed by atoms with Gasteiger partial charge in [-0.25, -0.2) is 22.8 Å². The van der Waals surface area contributed by atoms with E-state index in [4.69, 9.17) is 0 Å². The number of pyridine rings is 2. The maximum absolute atomic E-state index is 12.7. The Balaban J connectivity index is 2.19. The highest BCUT2D eigenvalue weighted by molar-refractivity contribution is 7.92. The van der Waals surface area contributed by atoms with Gasteiger partial charge in [-0.05, 0) is 31.2 Å². The van der Waals surface area contributed by atoms with E-state index in [1.165, 1.54) is 18.3 Å². The molecule has 2 aromatic heterocycles. The summed E-state index contributed by atoms with van der Waals surface area (Å²) in [6.07, 6.45) is 2.17. The third kappa shape index (κ3) is 3.41. The quantitative estimate of drug-likeness (QED) is 0.879. The standard InChI is InChI=1S/C12H13FN4O2S/c1-2-14-11-6-4-10(8-16-11)20(18,19)17-12-5-3-9(13)7-15-12/h3-8H,2H2,1H3,(H,14,16)(H,15,17). The van der Waals surface area contributed by atoms with Gasteiger partial charge in [0.1, 0.15) is 22.3 Å². The zero-order valence-electron chi connectivity index (χ0n) is 10.7. The minimum Gasteiger partial charge on any atom is -0.370 e. The van der Waals surface area contributed by atoms with Crippen LogP contribution in [0.25, 0.3) is 0 Å². The second kappa shape index (κ2) is 5.83. The van der Waals surface area contributed by atoms with Gasteiger partial charge in [0, 0.05) is 12.7 Å². The topological polar surface area (TPSA) is 84.0 Å². The first-order valence-corrected chi connectivity index (χ1v) is 7.34. The number of halogens is 1. The summed E-state index contributed by atoms with van der Waals surface area (Å²) in [5.41, 5.74) is 0. The fourth-order valence-corrected chi connectivity index (χ4v) is 2.41. The van der Waals surface area contributed by atoms with Crippen molar-refractivity contribution in [3.63, 3.8) is 0 Å². The summed E-state index contributed by atoms with van der Waals surface area (Å²) >= 11 is 0. The van der Waals surface area contributed by atoms with Crippen molar-refractivity contribution in [2.45, 2.75) is 11.8 Å². The lowest BCUT2D eigenvalue weighted by Gasteiger charge is -2.08. The number of sulfonamides is 1. The normalized spacial score (nSPS) is 11.1. The Morgan fingerprint density at radius 1 is 1.10 bits per heavy atom. The molecule has 20 heavy (non-hydrogen) atoms. The van der Waals surface area contributed by atoms with Crippen molar-refractivity contribution in [3.05, 3.63) is 42.5 Å². The first-order chi connectivity index (χ1) is 9.51. The van der Waals surface area contributed by atoms with Gasteiger partial charge in [-0.1, -0.05) is 0 Å². The molecule has 2 rings (SSSR count). The summed E-state index contributed by atoms with van der Waals surface area (Å²) in [6, 6.07) is 5.36. The Bertz CT molecular complexity index is 672. The number of nitrogens with one attached hydrogen (secondary N) is 2. The molecule has 8 heteroatoms. The molecular formula is C12H13FN4O2S. The van der Waals surface area contributed by atoms with E-state index in [-0.39, 0.29) is 10.7 Å². The molecule has 2 aromatic rings. The van der Waals surface area contributed by atoms with Gasteiger partial charge in [0.05, 0.1) is 6.20 Å². The van der Waals surface area contributed by atoms with Crippen molar-refractivity contribution in [2.24, 2.45) is 0 Å². The molecule has 0 saturated carbocycles. The van der Waals surface area contributed by atoms with Crippen molar-refractivity contribution in [1.82, 2.24) is 9.97 Å². The average Bonchev–Trinajstić information content (AvgIpc) is 2.42. The Morgan fingerprint density at radius 2 is 1.80 bits per heavy atom. The van der Waals surface area contributed by atoms with Crippen LogP contribution in [0.2, 0.25) is 0 Å². The largest absolute Gasteiger partial charge is 0.370 e. The monoisotopic (exact) mass is 296 g/mol. The second-order valence-corrected chi connectivity index (χ2v) is 5.56. The van der Waals surface area contributed by atoms with Gasteiger partial charge < -0.3 is 5.32 Å². The minimum atomic E-state index is -3.78. The van der Waals surface area contributed by atoms with E-state index in [1.54, 1.807) is 6.07 Å². The van der Waals surface area contributed by atoms with Crippen molar-refractivity contribution >= 4 is 21.7 Å². The summed E-state index contributed by atoms with van der Waals surface area (Å²) in [4.78, 5) is 7.62. The number of aromatic nitrogens is 2. The summed E-state index contributed by atoms with van der Waals surface area (Å²) in [5, 5.41) is 2.96. The third-order valence-corrected chi connectivity index (χ3v) is 3.71. The molecule has 0 aromatic carbocycles.